The van der Waals surface area contributed by atoms with Crippen LogP contribution in [-0.2, 0) is 4.79 Å². The molecule has 1 aromatic rings. The number of carbonyl (C=O) groups is 1. The summed E-state index contributed by atoms with van der Waals surface area (Å²) in [6.07, 6.45) is -3.38. The van der Waals surface area contributed by atoms with Crippen molar-refractivity contribution in [2.24, 2.45) is 0 Å². The highest BCUT2D eigenvalue weighted by molar-refractivity contribution is 6.29. The number of pyridine rings is 1. The second-order valence-corrected chi connectivity index (χ2v) is 3.42. The first-order valence-electron chi connectivity index (χ1n) is 4.15. The van der Waals surface area contributed by atoms with Crippen LogP contribution in [0.3, 0.4) is 0 Å². The lowest BCUT2D eigenvalue weighted by Crippen LogP contribution is -2.28. The Hall–Kier alpha value is -1.17. The molecule has 82 valence electrons. The summed E-state index contributed by atoms with van der Waals surface area (Å²) >= 11 is 5.59. The molecule has 0 spiro atoms. The highest BCUT2D eigenvalue weighted by atomic mass is 35.5. The summed E-state index contributed by atoms with van der Waals surface area (Å²) in [4.78, 5) is 14.3. The molecule has 2 unspecified atom stereocenters. The molecule has 2 atom stereocenters. The van der Waals surface area contributed by atoms with Crippen molar-refractivity contribution >= 4 is 17.6 Å². The molecule has 0 saturated carbocycles. The lowest BCUT2D eigenvalue weighted by atomic mass is 10.0. The van der Waals surface area contributed by atoms with E-state index < -0.39 is 18.2 Å². The Morgan fingerprint density at radius 3 is 2.53 bits per heavy atom. The fourth-order valence-corrected chi connectivity index (χ4v) is 1.35. The average Bonchev–Trinajstić information content (AvgIpc) is 2.15. The molecular weight excluding hydrogens is 222 g/mol. The second kappa shape index (κ2) is 4.57. The zero-order valence-electron chi connectivity index (χ0n) is 7.88. The van der Waals surface area contributed by atoms with Gasteiger partial charge in [-0.2, -0.15) is 0 Å². The minimum atomic E-state index is -1.87. The van der Waals surface area contributed by atoms with E-state index >= 15 is 0 Å². The molecule has 0 aromatic carbocycles. The van der Waals surface area contributed by atoms with Crippen molar-refractivity contribution in [1.29, 1.82) is 0 Å². The summed E-state index contributed by atoms with van der Waals surface area (Å²) in [6, 6.07) is 2.85. The molecule has 0 fully saturated rings. The summed E-state index contributed by atoms with van der Waals surface area (Å²) in [5.41, 5.74) is 0.629. The van der Waals surface area contributed by atoms with Crippen molar-refractivity contribution in [3.8, 4) is 0 Å². The van der Waals surface area contributed by atoms with Crippen LogP contribution < -0.4 is 0 Å². The third-order valence-electron chi connectivity index (χ3n) is 1.96. The summed E-state index contributed by atoms with van der Waals surface area (Å²) in [7, 11) is 0. The van der Waals surface area contributed by atoms with Crippen LogP contribution in [0.4, 0.5) is 0 Å². The first-order chi connectivity index (χ1) is 6.93. The number of rotatable bonds is 3. The Morgan fingerprint density at radius 1 is 1.47 bits per heavy atom. The van der Waals surface area contributed by atoms with Gasteiger partial charge >= 0.3 is 5.97 Å². The fourth-order valence-electron chi connectivity index (χ4n) is 1.16. The van der Waals surface area contributed by atoms with Gasteiger partial charge < -0.3 is 15.3 Å². The Morgan fingerprint density at radius 2 is 2.07 bits per heavy atom. The van der Waals surface area contributed by atoms with E-state index in [1.807, 2.05) is 0 Å². The van der Waals surface area contributed by atoms with Crippen molar-refractivity contribution in [3.05, 3.63) is 28.5 Å². The van der Waals surface area contributed by atoms with E-state index in [-0.39, 0.29) is 10.7 Å². The van der Waals surface area contributed by atoms with Gasteiger partial charge in [0.1, 0.15) is 11.3 Å². The zero-order chi connectivity index (χ0) is 11.6. The smallest absolute Gasteiger partial charge is 0.335 e. The van der Waals surface area contributed by atoms with Gasteiger partial charge in [-0.3, -0.25) is 0 Å². The van der Waals surface area contributed by atoms with Gasteiger partial charge in [0, 0.05) is 11.3 Å². The van der Waals surface area contributed by atoms with Crippen LogP contribution in [0.1, 0.15) is 17.4 Å². The number of carboxylic acids is 1. The molecule has 0 saturated heterocycles. The summed E-state index contributed by atoms with van der Waals surface area (Å²) < 4.78 is 0. The van der Waals surface area contributed by atoms with Gasteiger partial charge in [-0.25, -0.2) is 9.78 Å². The van der Waals surface area contributed by atoms with Crippen molar-refractivity contribution in [2.45, 2.75) is 19.1 Å². The molecule has 6 heteroatoms. The van der Waals surface area contributed by atoms with Crippen LogP contribution >= 0.6 is 11.6 Å². The largest absolute Gasteiger partial charge is 0.479 e. The lowest BCUT2D eigenvalue weighted by Gasteiger charge is -2.15. The van der Waals surface area contributed by atoms with Crippen molar-refractivity contribution < 1.29 is 20.1 Å². The molecule has 15 heavy (non-hydrogen) atoms. The van der Waals surface area contributed by atoms with Crippen LogP contribution in [-0.4, -0.2) is 32.4 Å². The third-order valence-corrected chi connectivity index (χ3v) is 2.17. The third kappa shape index (κ3) is 2.65. The maximum atomic E-state index is 10.4. The molecule has 1 aromatic heterocycles. The van der Waals surface area contributed by atoms with E-state index in [1.54, 1.807) is 6.92 Å². The van der Waals surface area contributed by atoms with E-state index in [2.05, 4.69) is 4.98 Å². The van der Waals surface area contributed by atoms with Crippen molar-refractivity contribution in [3.63, 3.8) is 0 Å². The minimum absolute atomic E-state index is 0.244. The quantitative estimate of drug-likeness (QED) is 0.660. The maximum Gasteiger partial charge on any atom is 0.335 e. The van der Waals surface area contributed by atoms with E-state index in [0.29, 0.717) is 5.69 Å². The number of aromatic nitrogens is 1. The summed E-state index contributed by atoms with van der Waals surface area (Å²) in [6.45, 7) is 1.57. The number of aliphatic hydroxyl groups excluding tert-OH is 2. The van der Waals surface area contributed by atoms with Crippen LogP contribution in [0, 0.1) is 6.92 Å². The standard InChI is InChI=1S/C9H10ClNO4/c1-4-5(2-3-6(10)11-4)7(12)8(13)9(14)15/h2-3,7-8,12-13H,1H3,(H,14,15). The SMILES string of the molecule is Cc1nc(Cl)ccc1C(O)C(O)C(=O)O. The summed E-state index contributed by atoms with van der Waals surface area (Å²) in [5, 5.41) is 27.4. The number of hydrogen-bond acceptors (Lipinski definition) is 4. The maximum absolute atomic E-state index is 10.4. The molecule has 1 rings (SSSR count). The molecular formula is C9H10ClNO4. The van der Waals surface area contributed by atoms with Crippen molar-refractivity contribution in [1.82, 2.24) is 4.98 Å². The first-order valence-corrected chi connectivity index (χ1v) is 4.53. The molecule has 1 heterocycles. The van der Waals surface area contributed by atoms with Gasteiger partial charge in [0.15, 0.2) is 6.10 Å². The van der Waals surface area contributed by atoms with Gasteiger partial charge in [-0.1, -0.05) is 17.7 Å². The predicted molar refractivity (Wildman–Crippen MR) is 52.6 cm³/mol. The molecule has 0 aliphatic heterocycles. The highest BCUT2D eigenvalue weighted by Gasteiger charge is 2.26. The normalized spacial score (nSPS) is 14.7. The van der Waals surface area contributed by atoms with Crippen LogP contribution in [0.2, 0.25) is 5.15 Å². The van der Waals surface area contributed by atoms with E-state index in [0.717, 1.165) is 0 Å². The Bertz CT molecular complexity index is 382. The van der Waals surface area contributed by atoms with Crippen molar-refractivity contribution in [2.75, 3.05) is 0 Å². The van der Waals surface area contributed by atoms with Gasteiger partial charge in [-0.15, -0.1) is 0 Å². The van der Waals surface area contributed by atoms with E-state index in [9.17, 15) is 9.90 Å². The zero-order valence-corrected chi connectivity index (χ0v) is 8.64. The van der Waals surface area contributed by atoms with Gasteiger partial charge in [0.05, 0.1) is 0 Å². The van der Waals surface area contributed by atoms with Gasteiger partial charge in [0.2, 0.25) is 0 Å². The molecule has 3 N–H and O–H groups in total. The minimum Gasteiger partial charge on any atom is -0.479 e. The molecule has 0 amide bonds. The number of carboxylic acid groups (broad SMARTS) is 1. The first kappa shape index (κ1) is 11.9. The Kier molecular flexibility index (Phi) is 3.62. The molecule has 0 aliphatic carbocycles. The number of hydrogen-bond donors (Lipinski definition) is 3. The molecule has 0 aliphatic rings. The molecule has 5 nitrogen and oxygen atoms in total. The van der Waals surface area contributed by atoms with Crippen LogP contribution in [0.25, 0.3) is 0 Å². The molecule has 0 bridgehead atoms. The highest BCUT2D eigenvalue weighted by Crippen LogP contribution is 2.21. The monoisotopic (exact) mass is 231 g/mol. The number of aliphatic carboxylic acids is 1. The Labute approximate surface area is 91.0 Å². The fraction of sp³-hybridized carbons (Fsp3) is 0.333. The summed E-state index contributed by atoms with van der Waals surface area (Å²) in [5.74, 6) is -1.49. The topological polar surface area (TPSA) is 90.7 Å². The van der Waals surface area contributed by atoms with Gasteiger partial charge in [-0.05, 0) is 13.0 Å². The Balaban J connectivity index is 3.01. The van der Waals surface area contributed by atoms with Crippen LogP contribution in [0.5, 0.6) is 0 Å². The number of halogens is 1. The number of nitrogens with zero attached hydrogens (tertiary/aromatic N) is 1. The van der Waals surface area contributed by atoms with E-state index in [4.69, 9.17) is 21.8 Å². The molecule has 0 radical (unpaired) electrons. The predicted octanol–water partition coefficient (Wildman–Crippen LogP) is 0.522. The lowest BCUT2D eigenvalue weighted by molar-refractivity contribution is -0.153. The van der Waals surface area contributed by atoms with E-state index in [1.165, 1.54) is 12.1 Å². The second-order valence-electron chi connectivity index (χ2n) is 3.04. The average molecular weight is 232 g/mol. The number of aryl methyl sites for hydroxylation is 1. The van der Waals surface area contributed by atoms with Crippen LogP contribution in [0.15, 0.2) is 12.1 Å². The number of aliphatic hydroxyl groups is 2. The van der Waals surface area contributed by atoms with Gasteiger partial charge in [0.25, 0.3) is 0 Å².